The summed E-state index contributed by atoms with van der Waals surface area (Å²) in [7, 11) is 1.63. The van der Waals surface area contributed by atoms with Crippen molar-refractivity contribution in [2.45, 2.75) is 51.4 Å². The van der Waals surface area contributed by atoms with Gasteiger partial charge in [-0.2, -0.15) is 0 Å². The van der Waals surface area contributed by atoms with Gasteiger partial charge in [0.05, 0.1) is 20.1 Å². The Morgan fingerprint density at radius 2 is 1.88 bits per heavy atom. The molecule has 172 valence electrons. The van der Waals surface area contributed by atoms with Crippen LogP contribution in [-0.2, 0) is 32.9 Å². The summed E-state index contributed by atoms with van der Waals surface area (Å²) in [5, 5.41) is 0. The normalized spacial score (nSPS) is 19.5. The fourth-order valence-corrected chi connectivity index (χ4v) is 4.75. The highest BCUT2D eigenvalue weighted by molar-refractivity contribution is 5.81. The van der Waals surface area contributed by atoms with Crippen molar-refractivity contribution < 1.29 is 19.1 Å². The standard InChI is InChI=1S/C24H32N4O4/c1-4-26(5-2)22(30)20-17-28-15-12-25-23(28)24(32-20)10-13-27(14-11-24)21(29)16-18-6-8-19(31-3)9-7-18/h6-9,12,15,20H,4-5,10-11,13-14,16-17H2,1-3H3. The van der Waals surface area contributed by atoms with Gasteiger partial charge in [0.15, 0.2) is 6.10 Å². The first-order chi connectivity index (χ1) is 15.5. The number of carbonyl (C=O) groups is 2. The van der Waals surface area contributed by atoms with E-state index in [1.807, 2.05) is 58.7 Å². The van der Waals surface area contributed by atoms with Crippen LogP contribution in [0.25, 0.3) is 0 Å². The molecule has 0 saturated carbocycles. The molecular formula is C24H32N4O4. The van der Waals surface area contributed by atoms with Crippen molar-refractivity contribution in [3.8, 4) is 5.75 Å². The van der Waals surface area contributed by atoms with Crippen LogP contribution in [0.3, 0.4) is 0 Å². The minimum atomic E-state index is -0.633. The van der Waals surface area contributed by atoms with Gasteiger partial charge in [-0.15, -0.1) is 0 Å². The molecule has 0 radical (unpaired) electrons. The number of aromatic nitrogens is 2. The largest absolute Gasteiger partial charge is 0.497 e. The molecule has 3 heterocycles. The van der Waals surface area contributed by atoms with Crippen LogP contribution in [0.5, 0.6) is 5.75 Å². The number of carbonyl (C=O) groups excluding carboxylic acids is 2. The monoisotopic (exact) mass is 440 g/mol. The van der Waals surface area contributed by atoms with E-state index in [4.69, 9.17) is 9.47 Å². The molecule has 2 aromatic rings. The summed E-state index contributed by atoms with van der Waals surface area (Å²) >= 11 is 0. The summed E-state index contributed by atoms with van der Waals surface area (Å²) in [6, 6.07) is 7.59. The maximum atomic E-state index is 13.0. The van der Waals surface area contributed by atoms with Crippen molar-refractivity contribution >= 4 is 11.8 Å². The molecule has 8 nitrogen and oxygen atoms in total. The summed E-state index contributed by atoms with van der Waals surface area (Å²) in [5.74, 6) is 1.76. The molecular weight excluding hydrogens is 408 g/mol. The number of likely N-dealkylation sites (tertiary alicyclic amines) is 1. The number of methoxy groups -OCH3 is 1. The third-order valence-corrected chi connectivity index (χ3v) is 6.64. The minimum Gasteiger partial charge on any atom is -0.497 e. The predicted molar refractivity (Wildman–Crippen MR) is 119 cm³/mol. The van der Waals surface area contributed by atoms with Gasteiger partial charge in [0.1, 0.15) is 17.2 Å². The average Bonchev–Trinajstić information content (AvgIpc) is 3.30. The SMILES string of the molecule is CCN(CC)C(=O)C1Cn2ccnc2C2(CCN(C(=O)Cc3ccc(OC)cc3)CC2)O1. The molecule has 8 heteroatoms. The Labute approximate surface area is 189 Å². The number of likely N-dealkylation sites (N-methyl/N-ethyl adjacent to an activating group) is 1. The second-order valence-corrected chi connectivity index (χ2v) is 8.42. The highest BCUT2D eigenvalue weighted by Crippen LogP contribution is 2.40. The molecule has 32 heavy (non-hydrogen) atoms. The van der Waals surface area contributed by atoms with Crippen LogP contribution in [0.1, 0.15) is 38.1 Å². The van der Waals surface area contributed by atoms with Gasteiger partial charge in [0.25, 0.3) is 5.91 Å². The lowest BCUT2D eigenvalue weighted by atomic mass is 9.88. The molecule has 0 bridgehead atoms. The fourth-order valence-electron chi connectivity index (χ4n) is 4.75. The van der Waals surface area contributed by atoms with Crippen LogP contribution in [0, 0.1) is 0 Å². The third kappa shape index (κ3) is 4.24. The average molecular weight is 441 g/mol. The van der Waals surface area contributed by atoms with E-state index in [0.717, 1.165) is 17.1 Å². The molecule has 2 aliphatic heterocycles. The summed E-state index contributed by atoms with van der Waals surface area (Å²) in [6.07, 6.45) is 4.77. The number of hydrogen-bond donors (Lipinski definition) is 0. The minimum absolute atomic E-state index is 0.0201. The van der Waals surface area contributed by atoms with Crippen LogP contribution in [0.2, 0.25) is 0 Å². The van der Waals surface area contributed by atoms with Gasteiger partial charge in [-0.25, -0.2) is 4.98 Å². The van der Waals surface area contributed by atoms with Crippen molar-refractivity contribution in [1.29, 1.82) is 0 Å². The zero-order chi connectivity index (χ0) is 22.7. The van der Waals surface area contributed by atoms with Gasteiger partial charge in [-0.1, -0.05) is 12.1 Å². The van der Waals surface area contributed by atoms with Crippen LogP contribution < -0.4 is 4.74 Å². The van der Waals surface area contributed by atoms with Crippen LogP contribution in [0.15, 0.2) is 36.7 Å². The Bertz CT molecular complexity index is 943. The Kier molecular flexibility index (Phi) is 6.50. The number of nitrogens with zero attached hydrogens (tertiary/aromatic N) is 4. The second kappa shape index (κ2) is 9.32. The van der Waals surface area contributed by atoms with Gasteiger partial charge < -0.3 is 23.8 Å². The molecule has 2 amide bonds. The molecule has 1 unspecified atom stereocenters. The van der Waals surface area contributed by atoms with Gasteiger partial charge >= 0.3 is 0 Å². The molecule has 0 aliphatic carbocycles. The van der Waals surface area contributed by atoms with E-state index < -0.39 is 11.7 Å². The molecule has 1 aromatic heterocycles. The summed E-state index contributed by atoms with van der Waals surface area (Å²) in [6.45, 7) is 6.92. The molecule has 1 atom stereocenters. The molecule has 1 saturated heterocycles. The van der Waals surface area contributed by atoms with E-state index in [9.17, 15) is 9.59 Å². The van der Waals surface area contributed by atoms with E-state index in [1.54, 1.807) is 13.3 Å². The van der Waals surface area contributed by atoms with E-state index in [1.165, 1.54) is 0 Å². The lowest BCUT2D eigenvalue weighted by molar-refractivity contribution is -0.182. The van der Waals surface area contributed by atoms with E-state index in [0.29, 0.717) is 52.0 Å². The number of amides is 2. The van der Waals surface area contributed by atoms with Crippen LogP contribution >= 0.6 is 0 Å². The van der Waals surface area contributed by atoms with Crippen molar-refractivity contribution in [1.82, 2.24) is 19.4 Å². The van der Waals surface area contributed by atoms with Crippen LogP contribution in [0.4, 0.5) is 0 Å². The number of ether oxygens (including phenoxy) is 2. The first-order valence-corrected chi connectivity index (χ1v) is 11.4. The van der Waals surface area contributed by atoms with Crippen molar-refractivity contribution in [3.05, 3.63) is 48.0 Å². The number of piperidine rings is 1. The first kappa shape index (κ1) is 22.3. The lowest BCUT2D eigenvalue weighted by Gasteiger charge is -2.46. The molecule has 2 aliphatic rings. The van der Waals surface area contributed by atoms with Gasteiger partial charge in [-0.05, 0) is 31.5 Å². The Morgan fingerprint density at radius 3 is 2.50 bits per heavy atom. The van der Waals surface area contributed by atoms with Gasteiger partial charge in [-0.3, -0.25) is 9.59 Å². The number of hydrogen-bond acceptors (Lipinski definition) is 5. The van der Waals surface area contributed by atoms with Crippen molar-refractivity contribution in [3.63, 3.8) is 0 Å². The fraction of sp³-hybridized carbons (Fsp3) is 0.542. The maximum absolute atomic E-state index is 13.0. The quantitative estimate of drug-likeness (QED) is 0.688. The topological polar surface area (TPSA) is 76.9 Å². The van der Waals surface area contributed by atoms with Gasteiger partial charge in [0, 0.05) is 51.4 Å². The summed E-state index contributed by atoms with van der Waals surface area (Å²) in [4.78, 5) is 34.2. The third-order valence-electron chi connectivity index (χ3n) is 6.64. The molecule has 4 rings (SSSR count). The highest BCUT2D eigenvalue weighted by Gasteiger charge is 2.48. The predicted octanol–water partition coefficient (Wildman–Crippen LogP) is 2.22. The Hall–Kier alpha value is -2.87. The maximum Gasteiger partial charge on any atom is 0.253 e. The first-order valence-electron chi connectivity index (χ1n) is 11.4. The number of benzene rings is 1. The van der Waals surface area contributed by atoms with E-state index in [2.05, 4.69) is 4.98 Å². The molecule has 1 fully saturated rings. The zero-order valence-corrected chi connectivity index (χ0v) is 19.1. The number of rotatable bonds is 6. The molecule has 1 spiro atoms. The molecule has 0 N–H and O–H groups in total. The summed E-state index contributed by atoms with van der Waals surface area (Å²) in [5.41, 5.74) is 0.331. The Balaban J connectivity index is 1.45. The number of fused-ring (bicyclic) bond motifs is 2. The van der Waals surface area contributed by atoms with Crippen molar-refractivity contribution in [2.75, 3.05) is 33.3 Å². The smallest absolute Gasteiger partial charge is 0.253 e. The highest BCUT2D eigenvalue weighted by atomic mass is 16.5. The zero-order valence-electron chi connectivity index (χ0n) is 19.1. The summed E-state index contributed by atoms with van der Waals surface area (Å²) < 4.78 is 13.7. The van der Waals surface area contributed by atoms with E-state index in [-0.39, 0.29) is 11.8 Å². The number of imidazole rings is 1. The van der Waals surface area contributed by atoms with E-state index >= 15 is 0 Å². The Morgan fingerprint density at radius 1 is 1.19 bits per heavy atom. The van der Waals surface area contributed by atoms with Gasteiger partial charge in [0.2, 0.25) is 5.91 Å². The molecule has 1 aromatic carbocycles. The van der Waals surface area contributed by atoms with Crippen molar-refractivity contribution in [2.24, 2.45) is 0 Å². The second-order valence-electron chi connectivity index (χ2n) is 8.42. The lowest BCUT2D eigenvalue weighted by Crippen LogP contribution is -2.55. The van der Waals surface area contributed by atoms with Crippen LogP contribution in [-0.4, -0.2) is 70.6 Å².